The number of nitrogens with zero attached hydrogens (tertiary/aromatic N) is 1. The predicted molar refractivity (Wildman–Crippen MR) is 121 cm³/mol. The van der Waals surface area contributed by atoms with E-state index in [9.17, 15) is 24.6 Å². The topological polar surface area (TPSA) is 173 Å². The summed E-state index contributed by atoms with van der Waals surface area (Å²) in [7, 11) is 0. The van der Waals surface area contributed by atoms with Gasteiger partial charge in [-0.1, -0.05) is 58.3 Å². The number of nitrogens with one attached hydrogen (secondary N) is 1. The third kappa shape index (κ3) is 33.5. The fourth-order valence-electron chi connectivity index (χ4n) is 3.13. The number of carbonyl (C=O) groups excluding carboxylic acids is 3. The van der Waals surface area contributed by atoms with Gasteiger partial charge in [0.2, 0.25) is 5.91 Å². The van der Waals surface area contributed by atoms with Crippen LogP contribution >= 0.6 is 0 Å². The molecule has 10 nitrogen and oxygen atoms in total. The van der Waals surface area contributed by atoms with Crippen LogP contribution < -0.4 is 118 Å². The Bertz CT molecular complexity index is 488. The molecule has 0 fully saturated rings. The van der Waals surface area contributed by atoms with Gasteiger partial charge in [0, 0.05) is 32.0 Å². The van der Waals surface area contributed by atoms with E-state index >= 15 is 0 Å². The minimum absolute atomic E-state index is 0. The largest absolute Gasteiger partial charge is 1.00 e. The van der Waals surface area contributed by atoms with Gasteiger partial charge in [-0.3, -0.25) is 9.69 Å². The number of carboxylic acid groups (broad SMARTS) is 2. The maximum atomic E-state index is 11.6. The second kappa shape index (κ2) is 33.6. The van der Waals surface area contributed by atoms with Gasteiger partial charge >= 0.3 is 103 Å². The molecule has 12 heteroatoms. The quantitative estimate of drug-likeness (QED) is 0.0794. The van der Waals surface area contributed by atoms with Crippen LogP contribution in [0.25, 0.3) is 0 Å². The molecule has 0 bridgehead atoms. The number of unbranched alkanes of at least 4 members (excludes halogenated alkanes) is 8. The first-order valence-electron chi connectivity index (χ1n) is 12.1. The Kier molecular flexibility index (Phi) is 41.8. The van der Waals surface area contributed by atoms with Crippen molar-refractivity contribution in [1.29, 1.82) is 0 Å². The second-order valence-corrected chi connectivity index (χ2v) is 7.94. The van der Waals surface area contributed by atoms with E-state index in [2.05, 4.69) is 12.2 Å². The van der Waals surface area contributed by atoms with Crippen molar-refractivity contribution in [2.24, 2.45) is 0 Å². The molecule has 0 radical (unpaired) electrons. The summed E-state index contributed by atoms with van der Waals surface area (Å²) in [5.41, 5.74) is 0. The summed E-state index contributed by atoms with van der Waals surface area (Å²) in [6.45, 7) is 3.94. The zero-order valence-electron chi connectivity index (χ0n) is 22.1. The number of amides is 1. The first kappa shape index (κ1) is 43.6. The number of carboxylic acids is 2. The Morgan fingerprint density at radius 2 is 1.17 bits per heavy atom. The molecule has 0 aliphatic rings. The molecule has 0 aromatic carbocycles. The maximum absolute atomic E-state index is 11.6. The van der Waals surface area contributed by atoms with Crippen molar-refractivity contribution in [1.82, 2.24) is 10.2 Å². The Labute approximate surface area is 295 Å². The Balaban J connectivity index is -0.000000340. The number of carbonyl (C=O) groups is 3. The second-order valence-electron chi connectivity index (χ2n) is 7.94. The maximum Gasteiger partial charge on any atom is 1.00 e. The molecule has 0 saturated heterocycles. The van der Waals surface area contributed by atoms with Crippen molar-refractivity contribution in [2.75, 3.05) is 39.5 Å². The zero-order chi connectivity index (χ0) is 25.3. The number of hydrogen-bond donors (Lipinski definition) is 4. The van der Waals surface area contributed by atoms with Crippen LogP contribution in [0.5, 0.6) is 0 Å². The molecule has 1 amide bonds. The molecule has 0 unspecified atom stereocenters. The third-order valence-electron chi connectivity index (χ3n) is 5.01. The number of hydrogen-bond acceptors (Lipinski definition) is 9. The van der Waals surface area contributed by atoms with E-state index in [0.717, 1.165) is 12.8 Å². The molecular formula is C23H44K2N2O8. The van der Waals surface area contributed by atoms with Gasteiger partial charge in [0.25, 0.3) is 0 Å². The summed E-state index contributed by atoms with van der Waals surface area (Å²) in [6, 6.07) is -1.26. The van der Waals surface area contributed by atoms with E-state index in [1.807, 2.05) is 0 Å². The van der Waals surface area contributed by atoms with Crippen molar-refractivity contribution in [3.8, 4) is 0 Å². The number of aliphatic hydroxyl groups excluding tert-OH is 3. The first-order valence-corrected chi connectivity index (χ1v) is 12.1. The van der Waals surface area contributed by atoms with Gasteiger partial charge in [0.05, 0.1) is 31.8 Å². The summed E-state index contributed by atoms with van der Waals surface area (Å²) in [6.07, 6.45) is 9.82. The minimum atomic E-state index is -1.47. The van der Waals surface area contributed by atoms with Gasteiger partial charge in [-0.2, -0.15) is 0 Å². The summed E-state index contributed by atoms with van der Waals surface area (Å²) in [4.78, 5) is 34.6. The van der Waals surface area contributed by atoms with Crippen molar-refractivity contribution in [3.63, 3.8) is 0 Å². The van der Waals surface area contributed by atoms with Gasteiger partial charge in [0.15, 0.2) is 0 Å². The van der Waals surface area contributed by atoms with Crippen molar-refractivity contribution in [2.45, 2.75) is 90.0 Å². The number of aliphatic carboxylic acids is 2. The molecule has 0 aromatic heterocycles. The van der Waals surface area contributed by atoms with Crippen molar-refractivity contribution in [3.05, 3.63) is 0 Å². The SMILES string of the molecule is CCCCCCCCCCCC(=O)N[C@@H](CCC(=O)[O-])C(=O)[O-].OCCN(CCO)CCO.[K+].[K+]. The molecule has 0 rings (SSSR count). The molecule has 35 heavy (non-hydrogen) atoms. The van der Waals surface area contributed by atoms with Crippen LogP contribution in [0.15, 0.2) is 0 Å². The van der Waals surface area contributed by atoms with Crippen LogP contribution in [-0.2, 0) is 14.4 Å². The molecule has 196 valence electrons. The van der Waals surface area contributed by atoms with E-state index in [-0.39, 0.29) is 141 Å². The Morgan fingerprint density at radius 3 is 1.54 bits per heavy atom. The van der Waals surface area contributed by atoms with Gasteiger partial charge in [0.1, 0.15) is 0 Å². The fourth-order valence-corrected chi connectivity index (χ4v) is 3.13. The number of rotatable bonds is 21. The van der Waals surface area contributed by atoms with Gasteiger partial charge in [-0.15, -0.1) is 0 Å². The molecule has 1 atom stereocenters. The molecule has 0 heterocycles. The van der Waals surface area contributed by atoms with Gasteiger partial charge in [-0.05, 0) is 19.3 Å². The smallest absolute Gasteiger partial charge is 0.550 e. The zero-order valence-corrected chi connectivity index (χ0v) is 28.4. The monoisotopic (exact) mass is 554 g/mol. The van der Waals surface area contributed by atoms with Crippen LogP contribution in [0.3, 0.4) is 0 Å². The van der Waals surface area contributed by atoms with E-state index in [1.54, 1.807) is 4.90 Å². The molecule has 0 spiro atoms. The van der Waals surface area contributed by atoms with Crippen molar-refractivity contribution < 1.29 is 143 Å². The fraction of sp³-hybridized carbons (Fsp3) is 0.870. The van der Waals surface area contributed by atoms with Gasteiger partial charge < -0.3 is 40.4 Å². The first-order chi connectivity index (χ1) is 15.8. The molecule has 0 aliphatic heterocycles. The summed E-state index contributed by atoms with van der Waals surface area (Å²) in [5, 5.41) is 48.9. The van der Waals surface area contributed by atoms with E-state index in [0.29, 0.717) is 26.1 Å². The van der Waals surface area contributed by atoms with Crippen LogP contribution in [0.2, 0.25) is 0 Å². The average molecular weight is 555 g/mol. The van der Waals surface area contributed by atoms with E-state index in [1.165, 1.54) is 38.5 Å². The van der Waals surface area contributed by atoms with Crippen LogP contribution in [0, 0.1) is 0 Å². The van der Waals surface area contributed by atoms with E-state index in [4.69, 9.17) is 15.3 Å². The number of aliphatic hydroxyl groups is 3. The molecule has 0 aromatic rings. The molecule has 0 aliphatic carbocycles. The summed E-state index contributed by atoms with van der Waals surface area (Å²) < 4.78 is 0. The normalized spacial score (nSPS) is 10.9. The molecular weight excluding hydrogens is 510 g/mol. The van der Waals surface area contributed by atoms with Crippen LogP contribution in [-0.4, -0.2) is 83.6 Å². The standard InChI is InChI=1S/C17H31NO5.C6H15NO3.2K/c1-2-3-4-5-6-7-8-9-10-11-15(19)18-14(17(22)23)12-13-16(20)21;8-4-1-7(2-5-9)3-6-10;;/h14H,2-13H2,1H3,(H,18,19)(H,20,21)(H,22,23);8-10H,1-6H2;;/q;;2*+1/p-2/t14-;;;/m0.../s1. The molecule has 0 saturated carbocycles. The van der Waals surface area contributed by atoms with Gasteiger partial charge in [-0.25, -0.2) is 0 Å². The molecule has 4 N–H and O–H groups in total. The van der Waals surface area contributed by atoms with Crippen LogP contribution in [0.1, 0.15) is 84.0 Å². The predicted octanol–water partition coefficient (Wildman–Crippen LogP) is -7.05. The van der Waals surface area contributed by atoms with E-state index < -0.39 is 24.4 Å². The summed E-state index contributed by atoms with van der Waals surface area (Å²) in [5.74, 6) is -3.18. The Hall–Kier alpha value is 1.52. The Morgan fingerprint density at radius 1 is 0.743 bits per heavy atom. The summed E-state index contributed by atoms with van der Waals surface area (Å²) >= 11 is 0. The average Bonchev–Trinajstić information content (AvgIpc) is 2.76. The third-order valence-corrected chi connectivity index (χ3v) is 5.01. The van der Waals surface area contributed by atoms with Crippen molar-refractivity contribution >= 4 is 17.8 Å². The minimum Gasteiger partial charge on any atom is -0.550 e. The van der Waals surface area contributed by atoms with Crippen LogP contribution in [0.4, 0.5) is 0 Å².